The van der Waals surface area contributed by atoms with Crippen molar-refractivity contribution in [1.82, 2.24) is 0 Å². The molecule has 9 nitrogen and oxygen atoms in total. The molecule has 0 aliphatic heterocycles. The molecule has 0 amide bonds. The Hall–Kier alpha value is -3.07. The lowest BCUT2D eigenvalue weighted by Gasteiger charge is -2.19. The summed E-state index contributed by atoms with van der Waals surface area (Å²) in [6, 6.07) is 0. The van der Waals surface area contributed by atoms with Gasteiger partial charge in [-0.2, -0.15) is 0 Å². The Kier molecular flexibility index (Phi) is 69.5. The van der Waals surface area contributed by atoms with Gasteiger partial charge in [-0.3, -0.25) is 18.6 Å². The number of rotatable bonds is 69. The molecule has 0 aromatic rings. The van der Waals surface area contributed by atoms with E-state index in [0.29, 0.717) is 6.42 Å². The maximum absolute atomic E-state index is 12.8. The Labute approximate surface area is 537 Å². The summed E-state index contributed by atoms with van der Waals surface area (Å²) in [6.45, 7) is 3.65. The molecule has 0 heterocycles. The highest BCUT2D eigenvalue weighted by Gasteiger charge is 2.26. The Balaban J connectivity index is 3.85. The predicted molar refractivity (Wildman–Crippen MR) is 376 cm³/mol. The summed E-state index contributed by atoms with van der Waals surface area (Å²) in [5.41, 5.74) is 5.40. The lowest BCUT2D eigenvalue weighted by molar-refractivity contribution is -0.161. The second kappa shape index (κ2) is 72.0. The van der Waals surface area contributed by atoms with Gasteiger partial charge in [-0.1, -0.05) is 336 Å². The van der Waals surface area contributed by atoms with Crippen molar-refractivity contribution in [2.24, 2.45) is 5.73 Å². The van der Waals surface area contributed by atoms with E-state index < -0.39 is 26.5 Å². The largest absolute Gasteiger partial charge is 0.472 e. The molecular formula is C77H138NO8P. The molecule has 0 aliphatic carbocycles. The Morgan fingerprint density at radius 2 is 0.632 bits per heavy atom. The Morgan fingerprint density at radius 1 is 0.356 bits per heavy atom. The quantitative estimate of drug-likeness (QED) is 0.0264. The molecule has 0 bridgehead atoms. The first-order valence-corrected chi connectivity index (χ1v) is 38.2. The SMILES string of the molecule is CC/C=C\C/C=C\C/C=C\C/C=C\C/C=C\C/C=C\C/C=C\CCCCCCCCCC(=O)OC(COC(=O)CCCCCCCCCCCCCCCCCCCCCCCCCCC/C=C\CCCCCCCCCC)COP(=O)(O)OCCN. The summed E-state index contributed by atoms with van der Waals surface area (Å²) in [7, 11) is -4.40. The number of phosphoric acid groups is 1. The minimum absolute atomic E-state index is 0.0483. The summed E-state index contributed by atoms with van der Waals surface area (Å²) in [6.07, 6.45) is 98.1. The fourth-order valence-corrected chi connectivity index (χ4v) is 11.3. The van der Waals surface area contributed by atoms with Gasteiger partial charge < -0.3 is 20.1 Å². The summed E-state index contributed by atoms with van der Waals surface area (Å²) in [5, 5.41) is 0. The van der Waals surface area contributed by atoms with Crippen LogP contribution in [0.4, 0.5) is 0 Å². The molecule has 0 radical (unpaired) electrons. The van der Waals surface area contributed by atoms with Crippen LogP contribution in [0.1, 0.15) is 348 Å². The third-order valence-electron chi connectivity index (χ3n) is 16.0. The van der Waals surface area contributed by atoms with Gasteiger partial charge in [0.05, 0.1) is 13.2 Å². The van der Waals surface area contributed by atoms with Crippen LogP contribution < -0.4 is 5.73 Å². The van der Waals surface area contributed by atoms with Gasteiger partial charge in [-0.05, 0) is 96.3 Å². The fraction of sp³-hybridized carbons (Fsp3) is 0.766. The summed E-state index contributed by atoms with van der Waals surface area (Å²) in [5.74, 6) is -0.832. The van der Waals surface area contributed by atoms with E-state index in [0.717, 1.165) is 89.9 Å². The number of nitrogens with two attached hydrogens (primary N) is 1. The summed E-state index contributed by atoms with van der Waals surface area (Å²) >= 11 is 0. The van der Waals surface area contributed by atoms with Crippen molar-refractivity contribution >= 4 is 19.8 Å². The number of unbranched alkanes of at least 4 members (excludes halogenated alkanes) is 40. The topological polar surface area (TPSA) is 134 Å². The average Bonchev–Trinajstić information content (AvgIpc) is 3.63. The van der Waals surface area contributed by atoms with Crippen molar-refractivity contribution in [3.05, 3.63) is 97.2 Å². The normalized spacial score (nSPS) is 13.5. The zero-order valence-electron chi connectivity index (χ0n) is 56.7. The van der Waals surface area contributed by atoms with E-state index in [4.69, 9.17) is 24.3 Å². The molecule has 87 heavy (non-hydrogen) atoms. The van der Waals surface area contributed by atoms with Crippen LogP contribution in [0.25, 0.3) is 0 Å². The maximum Gasteiger partial charge on any atom is 0.472 e. The molecule has 10 heteroatoms. The van der Waals surface area contributed by atoms with Gasteiger partial charge in [0.1, 0.15) is 6.61 Å². The summed E-state index contributed by atoms with van der Waals surface area (Å²) < 4.78 is 33.2. The smallest absolute Gasteiger partial charge is 0.462 e. The average molecular weight is 1240 g/mol. The van der Waals surface area contributed by atoms with E-state index in [2.05, 4.69) is 111 Å². The first-order valence-electron chi connectivity index (χ1n) is 36.7. The molecule has 2 unspecified atom stereocenters. The van der Waals surface area contributed by atoms with Gasteiger partial charge in [-0.25, -0.2) is 4.57 Å². The molecule has 0 aliphatic rings. The highest BCUT2D eigenvalue weighted by molar-refractivity contribution is 7.47. The molecule has 504 valence electrons. The van der Waals surface area contributed by atoms with E-state index in [1.165, 1.54) is 225 Å². The van der Waals surface area contributed by atoms with Gasteiger partial charge in [0.15, 0.2) is 6.10 Å². The second-order valence-corrected chi connectivity index (χ2v) is 25.9. The number of ether oxygens (including phenoxy) is 2. The van der Waals surface area contributed by atoms with Gasteiger partial charge >= 0.3 is 19.8 Å². The Morgan fingerprint density at radius 3 is 0.954 bits per heavy atom. The number of esters is 2. The van der Waals surface area contributed by atoms with E-state index in [1.54, 1.807) is 0 Å². The fourth-order valence-electron chi connectivity index (χ4n) is 10.6. The molecule has 0 rings (SSSR count). The predicted octanol–water partition coefficient (Wildman–Crippen LogP) is 24.3. The third-order valence-corrected chi connectivity index (χ3v) is 16.9. The van der Waals surface area contributed by atoms with Crippen molar-refractivity contribution in [2.45, 2.75) is 354 Å². The number of phosphoric ester groups is 1. The molecule has 2 atom stereocenters. The number of carbonyl (C=O) groups is 2. The van der Waals surface area contributed by atoms with Crippen LogP contribution >= 0.6 is 7.82 Å². The number of carbonyl (C=O) groups excluding carboxylic acids is 2. The van der Waals surface area contributed by atoms with Gasteiger partial charge in [0.25, 0.3) is 0 Å². The second-order valence-electron chi connectivity index (χ2n) is 24.4. The van der Waals surface area contributed by atoms with Crippen LogP contribution in [0.15, 0.2) is 97.2 Å². The van der Waals surface area contributed by atoms with Crippen molar-refractivity contribution in [2.75, 3.05) is 26.4 Å². The summed E-state index contributed by atoms with van der Waals surface area (Å²) in [4.78, 5) is 35.4. The molecule has 0 fully saturated rings. The minimum atomic E-state index is -4.40. The minimum Gasteiger partial charge on any atom is -0.462 e. The van der Waals surface area contributed by atoms with E-state index in [9.17, 15) is 19.0 Å². The van der Waals surface area contributed by atoms with Crippen molar-refractivity contribution in [3.8, 4) is 0 Å². The van der Waals surface area contributed by atoms with E-state index in [-0.39, 0.29) is 38.6 Å². The Bertz CT molecular complexity index is 1750. The molecular weight excluding hydrogens is 1100 g/mol. The zero-order valence-corrected chi connectivity index (χ0v) is 57.6. The highest BCUT2D eigenvalue weighted by Crippen LogP contribution is 2.43. The van der Waals surface area contributed by atoms with Crippen LogP contribution in [0.3, 0.4) is 0 Å². The number of allylic oxidation sites excluding steroid dienone is 16. The first-order chi connectivity index (χ1) is 42.8. The van der Waals surface area contributed by atoms with E-state index in [1.807, 2.05) is 0 Å². The molecule has 0 spiro atoms. The van der Waals surface area contributed by atoms with Crippen molar-refractivity contribution in [1.29, 1.82) is 0 Å². The van der Waals surface area contributed by atoms with Gasteiger partial charge in [-0.15, -0.1) is 0 Å². The van der Waals surface area contributed by atoms with Crippen LogP contribution in [0.2, 0.25) is 0 Å². The van der Waals surface area contributed by atoms with Crippen LogP contribution in [-0.2, 0) is 32.7 Å². The van der Waals surface area contributed by atoms with Crippen LogP contribution in [0.5, 0.6) is 0 Å². The zero-order chi connectivity index (χ0) is 63.0. The molecule has 0 aromatic heterocycles. The highest BCUT2D eigenvalue weighted by atomic mass is 31.2. The number of hydrogen-bond acceptors (Lipinski definition) is 8. The molecule has 3 N–H and O–H groups in total. The van der Waals surface area contributed by atoms with Crippen molar-refractivity contribution in [3.63, 3.8) is 0 Å². The lowest BCUT2D eigenvalue weighted by atomic mass is 10.0. The first kappa shape index (κ1) is 83.9. The lowest BCUT2D eigenvalue weighted by Crippen LogP contribution is -2.29. The van der Waals surface area contributed by atoms with Gasteiger partial charge in [0.2, 0.25) is 0 Å². The molecule has 0 saturated carbocycles. The maximum atomic E-state index is 12.8. The standard InChI is InChI=1S/C77H138NO8P/c1-3-5-7-9-11-13-15-17-19-21-23-25-27-29-31-33-34-35-36-37-38-39-40-42-43-45-47-49-51-53-55-57-59-61-63-65-67-69-76(79)83-73-75(74-85-87(81,82)84-72-71-78)86-77(80)70-68-66-64-62-60-58-56-54-52-50-48-46-44-41-32-30-28-26-24-22-20-18-16-14-12-10-8-6-4-2/h6,8,12,14,18,20-21,23-24,26,30,32,44,46,50,52,75H,3-5,7,9-11,13,15-17,19,22,25,27-29,31,33-43,45,47-49,51,53-74,78H2,1-2H3,(H,81,82)/b8-6-,14-12-,20-18-,23-21-,26-24-,32-30-,46-44-,52-50-. The third kappa shape index (κ3) is 71.9. The molecule has 0 saturated heterocycles. The number of hydrogen-bond donors (Lipinski definition) is 2. The van der Waals surface area contributed by atoms with Crippen LogP contribution in [-0.4, -0.2) is 49.3 Å². The van der Waals surface area contributed by atoms with Crippen molar-refractivity contribution < 1.29 is 37.6 Å². The monoisotopic (exact) mass is 1240 g/mol. The van der Waals surface area contributed by atoms with Crippen LogP contribution in [0, 0.1) is 0 Å². The molecule has 0 aromatic carbocycles. The van der Waals surface area contributed by atoms with E-state index >= 15 is 0 Å². The van der Waals surface area contributed by atoms with Gasteiger partial charge in [0, 0.05) is 19.4 Å².